The molecule has 0 radical (unpaired) electrons. The summed E-state index contributed by atoms with van der Waals surface area (Å²) in [5.74, 6) is 0. The normalized spacial score (nSPS) is 16.9. The monoisotopic (exact) mass is 278 g/mol. The van der Waals surface area contributed by atoms with Gasteiger partial charge in [0.25, 0.3) is 0 Å². The van der Waals surface area contributed by atoms with Gasteiger partial charge in [-0.15, -0.1) is 0 Å². The highest BCUT2D eigenvalue weighted by Gasteiger charge is 2.23. The van der Waals surface area contributed by atoms with Crippen LogP contribution in [0.3, 0.4) is 0 Å². The van der Waals surface area contributed by atoms with Crippen molar-refractivity contribution in [2.75, 3.05) is 32.8 Å². The largest absolute Gasteiger partial charge is 0.447 e. The van der Waals surface area contributed by atoms with E-state index in [1.54, 1.807) is 0 Å². The summed E-state index contributed by atoms with van der Waals surface area (Å²) in [5, 5.41) is 11.4. The predicted octanol–water partition coefficient (Wildman–Crippen LogP) is 1.54. The third kappa shape index (κ3) is 4.21. The van der Waals surface area contributed by atoms with Crippen molar-refractivity contribution >= 4 is 6.09 Å². The number of carbonyl (C=O) groups is 1. The van der Waals surface area contributed by atoms with Crippen LogP contribution >= 0.6 is 0 Å². The number of hydrogen-bond acceptors (Lipinski definition) is 4. The first-order valence-electron chi connectivity index (χ1n) is 7.11. The number of nitrogens with zero attached hydrogens (tertiary/aromatic N) is 1. The van der Waals surface area contributed by atoms with Gasteiger partial charge in [-0.2, -0.15) is 0 Å². The maximum Gasteiger partial charge on any atom is 0.407 e. The number of likely N-dealkylation sites (tertiary alicyclic amines) is 1. The third-order valence-corrected chi connectivity index (χ3v) is 3.53. The van der Waals surface area contributed by atoms with Crippen molar-refractivity contribution in [3.8, 4) is 0 Å². The molecule has 0 spiro atoms. The highest BCUT2D eigenvalue weighted by Crippen LogP contribution is 2.24. The van der Waals surface area contributed by atoms with Crippen LogP contribution in [0.2, 0.25) is 0 Å². The van der Waals surface area contributed by atoms with E-state index in [0.29, 0.717) is 6.54 Å². The summed E-state index contributed by atoms with van der Waals surface area (Å²) in [7, 11) is 0. The molecule has 0 aliphatic carbocycles. The van der Waals surface area contributed by atoms with Crippen molar-refractivity contribution in [2.45, 2.75) is 18.9 Å². The van der Waals surface area contributed by atoms with Gasteiger partial charge < -0.3 is 15.2 Å². The molecule has 20 heavy (non-hydrogen) atoms. The number of hydrogen-bond donors (Lipinski definition) is 2. The van der Waals surface area contributed by atoms with E-state index < -0.39 is 6.09 Å². The molecule has 0 saturated carbocycles. The zero-order valence-corrected chi connectivity index (χ0v) is 11.6. The lowest BCUT2D eigenvalue weighted by atomic mass is 10.1. The molecule has 1 saturated heterocycles. The molecule has 1 aromatic carbocycles. The van der Waals surface area contributed by atoms with Crippen LogP contribution in [0.15, 0.2) is 30.3 Å². The molecule has 1 atom stereocenters. The first kappa shape index (κ1) is 14.8. The fourth-order valence-electron chi connectivity index (χ4n) is 2.56. The molecular weight excluding hydrogens is 256 g/mol. The van der Waals surface area contributed by atoms with Gasteiger partial charge in [0.15, 0.2) is 0 Å². The van der Waals surface area contributed by atoms with Crippen LogP contribution in [0.4, 0.5) is 4.79 Å². The van der Waals surface area contributed by atoms with Crippen LogP contribution in [-0.4, -0.2) is 48.9 Å². The van der Waals surface area contributed by atoms with Crippen molar-refractivity contribution in [2.24, 2.45) is 0 Å². The molecule has 0 aromatic heterocycles. The number of aliphatic hydroxyl groups is 1. The lowest BCUT2D eigenvalue weighted by Gasteiger charge is -2.28. The van der Waals surface area contributed by atoms with E-state index in [4.69, 9.17) is 9.84 Å². The summed E-state index contributed by atoms with van der Waals surface area (Å²) in [6.45, 7) is 2.53. The Morgan fingerprint density at radius 1 is 1.30 bits per heavy atom. The molecule has 2 N–H and O–H groups in total. The Morgan fingerprint density at radius 3 is 2.65 bits per heavy atom. The van der Waals surface area contributed by atoms with Gasteiger partial charge in [0.05, 0.1) is 12.6 Å². The molecule has 1 heterocycles. The van der Waals surface area contributed by atoms with Crippen molar-refractivity contribution in [3.05, 3.63) is 35.9 Å². The van der Waals surface area contributed by atoms with Crippen molar-refractivity contribution < 1.29 is 14.6 Å². The van der Waals surface area contributed by atoms with Gasteiger partial charge in [0.2, 0.25) is 0 Å². The lowest BCUT2D eigenvalue weighted by Crippen LogP contribution is -2.37. The average molecular weight is 278 g/mol. The molecule has 110 valence electrons. The van der Waals surface area contributed by atoms with Gasteiger partial charge in [-0.05, 0) is 31.5 Å². The fraction of sp³-hybridized carbons (Fsp3) is 0.533. The molecule has 5 heteroatoms. The van der Waals surface area contributed by atoms with E-state index in [-0.39, 0.29) is 19.3 Å². The first-order chi connectivity index (χ1) is 9.81. The summed E-state index contributed by atoms with van der Waals surface area (Å²) in [5.41, 5.74) is 1.21. The van der Waals surface area contributed by atoms with E-state index in [0.717, 1.165) is 13.1 Å². The SMILES string of the molecule is O=C(NCC(c1ccccc1)N1CCCC1)OCCO. The minimum atomic E-state index is -0.473. The van der Waals surface area contributed by atoms with Crippen LogP contribution in [0, 0.1) is 0 Å². The third-order valence-electron chi connectivity index (χ3n) is 3.53. The average Bonchev–Trinajstić information content (AvgIpc) is 3.00. The van der Waals surface area contributed by atoms with Gasteiger partial charge in [0.1, 0.15) is 6.61 Å². The molecule has 2 rings (SSSR count). The van der Waals surface area contributed by atoms with Crippen molar-refractivity contribution in [1.82, 2.24) is 10.2 Å². The Morgan fingerprint density at radius 2 is 2.00 bits per heavy atom. The number of ether oxygens (including phenoxy) is 1. The Bertz CT molecular complexity index is 405. The first-order valence-corrected chi connectivity index (χ1v) is 7.11. The summed E-state index contributed by atoms with van der Waals surface area (Å²) in [6.07, 6.45) is 1.94. The maximum absolute atomic E-state index is 11.5. The number of rotatable bonds is 6. The molecule has 1 aromatic rings. The van der Waals surface area contributed by atoms with E-state index in [1.165, 1.54) is 18.4 Å². The summed E-state index contributed by atoms with van der Waals surface area (Å²) >= 11 is 0. The smallest absolute Gasteiger partial charge is 0.407 e. The van der Waals surface area contributed by atoms with Crippen LogP contribution in [0.25, 0.3) is 0 Å². The predicted molar refractivity (Wildman–Crippen MR) is 76.4 cm³/mol. The van der Waals surface area contributed by atoms with Gasteiger partial charge in [-0.3, -0.25) is 4.90 Å². The van der Waals surface area contributed by atoms with Gasteiger partial charge >= 0.3 is 6.09 Å². The lowest BCUT2D eigenvalue weighted by molar-refractivity contribution is 0.116. The minimum absolute atomic E-state index is 0.0333. The number of nitrogens with one attached hydrogen (secondary N) is 1. The zero-order valence-electron chi connectivity index (χ0n) is 11.6. The van der Waals surface area contributed by atoms with Crippen LogP contribution < -0.4 is 5.32 Å². The molecule has 1 aliphatic rings. The van der Waals surface area contributed by atoms with E-state index >= 15 is 0 Å². The maximum atomic E-state index is 11.5. The Kier molecular flexibility index (Phi) is 5.83. The van der Waals surface area contributed by atoms with Crippen LogP contribution in [0.5, 0.6) is 0 Å². The summed E-state index contributed by atoms with van der Waals surface area (Å²) in [4.78, 5) is 13.9. The Balaban J connectivity index is 1.95. The van der Waals surface area contributed by atoms with Crippen LogP contribution in [-0.2, 0) is 4.74 Å². The Labute approximate surface area is 119 Å². The highest BCUT2D eigenvalue weighted by molar-refractivity contribution is 5.67. The van der Waals surface area contributed by atoms with Gasteiger partial charge in [0, 0.05) is 6.54 Å². The molecule has 1 unspecified atom stereocenters. The fourth-order valence-corrected chi connectivity index (χ4v) is 2.56. The molecule has 1 amide bonds. The van der Waals surface area contributed by atoms with E-state index in [2.05, 4.69) is 22.3 Å². The Hall–Kier alpha value is -1.59. The number of aliphatic hydroxyl groups excluding tert-OH is 1. The standard InChI is InChI=1S/C15H22N2O3/c18-10-11-20-15(19)16-12-14(17-8-4-5-9-17)13-6-2-1-3-7-13/h1-3,6-7,14,18H,4-5,8-12H2,(H,16,19). The summed E-state index contributed by atoms with van der Waals surface area (Å²) < 4.78 is 4.82. The minimum Gasteiger partial charge on any atom is -0.447 e. The highest BCUT2D eigenvalue weighted by atomic mass is 16.6. The van der Waals surface area contributed by atoms with Crippen molar-refractivity contribution in [1.29, 1.82) is 0 Å². The van der Waals surface area contributed by atoms with Crippen molar-refractivity contribution in [3.63, 3.8) is 0 Å². The number of carbonyl (C=O) groups excluding carboxylic acids is 1. The van der Waals surface area contributed by atoms with Gasteiger partial charge in [-0.1, -0.05) is 30.3 Å². The van der Waals surface area contributed by atoms with Gasteiger partial charge in [-0.25, -0.2) is 4.79 Å². The number of benzene rings is 1. The molecule has 1 fully saturated rings. The molecule has 1 aliphatic heterocycles. The van der Waals surface area contributed by atoms with E-state index in [9.17, 15) is 4.79 Å². The second-order valence-corrected chi connectivity index (χ2v) is 4.91. The number of alkyl carbamates (subject to hydrolysis) is 1. The second-order valence-electron chi connectivity index (χ2n) is 4.91. The summed E-state index contributed by atoms with van der Waals surface area (Å²) in [6, 6.07) is 10.4. The van der Waals surface area contributed by atoms with Crippen LogP contribution in [0.1, 0.15) is 24.4 Å². The quantitative estimate of drug-likeness (QED) is 0.828. The molecular formula is C15H22N2O3. The molecule has 0 bridgehead atoms. The molecule has 5 nitrogen and oxygen atoms in total. The van der Waals surface area contributed by atoms with E-state index in [1.807, 2.05) is 18.2 Å². The number of amides is 1. The zero-order chi connectivity index (χ0) is 14.2. The second kappa shape index (κ2) is 7.87. The topological polar surface area (TPSA) is 61.8 Å².